The maximum atomic E-state index is 12.1. The number of hydrogen-bond acceptors (Lipinski definition) is 3. The number of amides is 1. The van der Waals surface area contributed by atoms with Gasteiger partial charge in [0.1, 0.15) is 0 Å². The Morgan fingerprint density at radius 1 is 1.15 bits per heavy atom. The third kappa shape index (κ3) is 2.45. The van der Waals surface area contributed by atoms with E-state index in [4.69, 9.17) is 9.47 Å². The third-order valence-corrected chi connectivity index (χ3v) is 3.25. The lowest BCUT2D eigenvalue weighted by molar-refractivity contribution is -0.115. The number of carbonyl (C=O) groups is 1. The lowest BCUT2D eigenvalue weighted by atomic mass is 10.1. The van der Waals surface area contributed by atoms with Crippen LogP contribution in [0.2, 0.25) is 0 Å². The minimum Gasteiger partial charge on any atom is -0.454 e. The van der Waals surface area contributed by atoms with Crippen molar-refractivity contribution in [3.63, 3.8) is 0 Å². The number of carbonyl (C=O) groups excluding carboxylic acids is 1. The predicted octanol–water partition coefficient (Wildman–Crippen LogP) is 2.90. The molecule has 102 valence electrons. The van der Waals surface area contributed by atoms with Gasteiger partial charge in [-0.15, -0.1) is 0 Å². The molecule has 0 atom stereocenters. The highest BCUT2D eigenvalue weighted by Gasteiger charge is 2.19. The highest BCUT2D eigenvalue weighted by atomic mass is 16.7. The van der Waals surface area contributed by atoms with E-state index in [9.17, 15) is 4.79 Å². The van der Waals surface area contributed by atoms with Crippen molar-refractivity contribution >= 4 is 11.6 Å². The van der Waals surface area contributed by atoms with Gasteiger partial charge in [-0.1, -0.05) is 30.3 Å². The van der Waals surface area contributed by atoms with Crippen LogP contribution in [0.1, 0.15) is 11.1 Å². The van der Waals surface area contributed by atoms with Crippen LogP contribution in [0.3, 0.4) is 0 Å². The van der Waals surface area contributed by atoms with E-state index in [1.165, 1.54) is 0 Å². The molecule has 20 heavy (non-hydrogen) atoms. The van der Waals surface area contributed by atoms with Gasteiger partial charge in [0, 0.05) is 11.3 Å². The van der Waals surface area contributed by atoms with Crippen LogP contribution in [0.25, 0.3) is 0 Å². The first-order valence-corrected chi connectivity index (χ1v) is 6.47. The summed E-state index contributed by atoms with van der Waals surface area (Å²) in [6.07, 6.45) is 0.265. The van der Waals surface area contributed by atoms with E-state index in [1.54, 1.807) is 0 Å². The van der Waals surface area contributed by atoms with E-state index in [2.05, 4.69) is 5.32 Å². The average Bonchev–Trinajstić information content (AvgIpc) is 2.91. The molecule has 0 bridgehead atoms. The number of fused-ring (bicyclic) bond motifs is 1. The standard InChI is InChI=1S/C16H15NO3/c1-11-5-2-3-7-13(11)17-15(18)9-12-6-4-8-14-16(12)20-10-19-14/h2-8H,9-10H2,1H3,(H,17,18). The zero-order valence-corrected chi connectivity index (χ0v) is 11.2. The van der Waals surface area contributed by atoms with Crippen molar-refractivity contribution in [2.75, 3.05) is 12.1 Å². The second-order valence-corrected chi connectivity index (χ2v) is 4.69. The third-order valence-electron chi connectivity index (χ3n) is 3.25. The molecule has 4 heteroatoms. The molecule has 0 saturated heterocycles. The van der Waals surface area contributed by atoms with Gasteiger partial charge in [-0.2, -0.15) is 0 Å². The first kappa shape index (κ1) is 12.5. The van der Waals surface area contributed by atoms with Crippen LogP contribution in [0.15, 0.2) is 42.5 Å². The predicted molar refractivity (Wildman–Crippen MR) is 76.1 cm³/mol. The van der Waals surface area contributed by atoms with Gasteiger partial charge >= 0.3 is 0 Å². The Bertz CT molecular complexity index is 652. The number of hydrogen-bond donors (Lipinski definition) is 1. The molecule has 2 aromatic carbocycles. The van der Waals surface area contributed by atoms with Gasteiger partial charge in [-0.05, 0) is 24.6 Å². The van der Waals surface area contributed by atoms with Gasteiger partial charge in [-0.25, -0.2) is 0 Å². The number of aryl methyl sites for hydroxylation is 1. The van der Waals surface area contributed by atoms with Crippen LogP contribution in [0.5, 0.6) is 11.5 Å². The molecule has 0 aromatic heterocycles. The maximum Gasteiger partial charge on any atom is 0.231 e. The molecule has 2 aromatic rings. The van der Waals surface area contributed by atoms with Crippen LogP contribution in [-0.4, -0.2) is 12.7 Å². The summed E-state index contributed by atoms with van der Waals surface area (Å²) in [5.74, 6) is 1.31. The molecule has 0 radical (unpaired) electrons. The normalized spacial score (nSPS) is 12.2. The smallest absolute Gasteiger partial charge is 0.231 e. The molecular weight excluding hydrogens is 254 g/mol. The van der Waals surface area contributed by atoms with Gasteiger partial charge in [0.05, 0.1) is 6.42 Å². The molecule has 3 rings (SSSR count). The summed E-state index contributed by atoms with van der Waals surface area (Å²) in [5, 5.41) is 2.91. The molecule has 1 heterocycles. The Morgan fingerprint density at radius 3 is 2.85 bits per heavy atom. The summed E-state index contributed by atoms with van der Waals surface area (Å²) in [4.78, 5) is 12.1. The van der Waals surface area contributed by atoms with Crippen molar-refractivity contribution in [3.8, 4) is 11.5 Å². The number of anilines is 1. The summed E-state index contributed by atoms with van der Waals surface area (Å²) in [6, 6.07) is 13.3. The van der Waals surface area contributed by atoms with Gasteiger partial charge in [0.15, 0.2) is 11.5 Å². The van der Waals surface area contributed by atoms with Crippen LogP contribution in [-0.2, 0) is 11.2 Å². The van der Waals surface area contributed by atoms with E-state index in [-0.39, 0.29) is 19.1 Å². The van der Waals surface area contributed by atoms with Crippen molar-refractivity contribution in [3.05, 3.63) is 53.6 Å². The zero-order valence-electron chi connectivity index (χ0n) is 11.2. The minimum absolute atomic E-state index is 0.0665. The summed E-state index contributed by atoms with van der Waals surface area (Å²) in [6.45, 7) is 2.18. The van der Waals surface area contributed by atoms with Crippen molar-refractivity contribution in [1.82, 2.24) is 0 Å². The Hall–Kier alpha value is -2.49. The first-order valence-electron chi connectivity index (χ1n) is 6.47. The van der Waals surface area contributed by atoms with Gasteiger partial charge in [0.2, 0.25) is 12.7 Å². The number of benzene rings is 2. The Labute approximate surface area is 117 Å². The molecule has 0 saturated carbocycles. The molecule has 0 aliphatic carbocycles. The molecule has 1 aliphatic rings. The summed E-state index contributed by atoms with van der Waals surface area (Å²) in [5.41, 5.74) is 2.71. The van der Waals surface area contributed by atoms with Crippen LogP contribution in [0, 0.1) is 6.92 Å². The van der Waals surface area contributed by atoms with Crippen molar-refractivity contribution in [1.29, 1.82) is 0 Å². The Balaban J connectivity index is 1.74. The highest BCUT2D eigenvalue weighted by molar-refractivity contribution is 5.93. The largest absolute Gasteiger partial charge is 0.454 e. The lowest BCUT2D eigenvalue weighted by Crippen LogP contribution is -2.15. The molecule has 0 spiro atoms. The molecule has 4 nitrogen and oxygen atoms in total. The topological polar surface area (TPSA) is 47.6 Å². The van der Waals surface area contributed by atoms with E-state index in [1.807, 2.05) is 49.4 Å². The van der Waals surface area contributed by atoms with E-state index in [0.29, 0.717) is 11.5 Å². The monoisotopic (exact) mass is 269 g/mol. The van der Waals surface area contributed by atoms with Crippen molar-refractivity contribution in [2.45, 2.75) is 13.3 Å². The van der Waals surface area contributed by atoms with Gasteiger partial charge < -0.3 is 14.8 Å². The fourth-order valence-electron chi connectivity index (χ4n) is 2.21. The molecule has 0 fully saturated rings. The number of nitrogens with one attached hydrogen (secondary N) is 1. The van der Waals surface area contributed by atoms with E-state index in [0.717, 1.165) is 16.8 Å². The molecule has 1 aliphatic heterocycles. The van der Waals surface area contributed by atoms with Crippen molar-refractivity contribution in [2.24, 2.45) is 0 Å². The second-order valence-electron chi connectivity index (χ2n) is 4.69. The van der Waals surface area contributed by atoms with Gasteiger partial charge in [-0.3, -0.25) is 4.79 Å². The van der Waals surface area contributed by atoms with E-state index < -0.39 is 0 Å². The molecule has 1 N–H and O–H groups in total. The number of para-hydroxylation sites is 2. The second kappa shape index (κ2) is 5.25. The summed E-state index contributed by atoms with van der Waals surface area (Å²) >= 11 is 0. The Kier molecular flexibility index (Phi) is 3.29. The van der Waals surface area contributed by atoms with Crippen LogP contribution < -0.4 is 14.8 Å². The lowest BCUT2D eigenvalue weighted by Gasteiger charge is -2.09. The highest BCUT2D eigenvalue weighted by Crippen LogP contribution is 2.35. The molecular formula is C16H15NO3. The SMILES string of the molecule is Cc1ccccc1NC(=O)Cc1cccc2c1OCO2. The van der Waals surface area contributed by atoms with Crippen LogP contribution >= 0.6 is 0 Å². The maximum absolute atomic E-state index is 12.1. The van der Waals surface area contributed by atoms with Crippen molar-refractivity contribution < 1.29 is 14.3 Å². The zero-order chi connectivity index (χ0) is 13.9. The summed E-state index contributed by atoms with van der Waals surface area (Å²) in [7, 11) is 0. The number of ether oxygens (including phenoxy) is 2. The summed E-state index contributed by atoms with van der Waals surface area (Å²) < 4.78 is 10.7. The minimum atomic E-state index is -0.0665. The quantitative estimate of drug-likeness (QED) is 0.932. The average molecular weight is 269 g/mol. The van der Waals surface area contributed by atoms with Crippen LogP contribution in [0.4, 0.5) is 5.69 Å². The van der Waals surface area contributed by atoms with E-state index >= 15 is 0 Å². The number of rotatable bonds is 3. The fourth-order valence-corrected chi connectivity index (χ4v) is 2.21. The molecule has 0 unspecified atom stereocenters. The fraction of sp³-hybridized carbons (Fsp3) is 0.188. The molecule has 1 amide bonds. The Morgan fingerprint density at radius 2 is 2.00 bits per heavy atom. The van der Waals surface area contributed by atoms with Gasteiger partial charge in [0.25, 0.3) is 0 Å². The first-order chi connectivity index (χ1) is 9.74.